The zero-order valence-corrected chi connectivity index (χ0v) is 9.40. The van der Waals surface area contributed by atoms with E-state index in [2.05, 4.69) is 10.3 Å². The Kier molecular flexibility index (Phi) is 5.28. The van der Waals surface area contributed by atoms with Crippen molar-refractivity contribution in [2.75, 3.05) is 26.0 Å². The predicted octanol–water partition coefficient (Wildman–Crippen LogP) is 0.820. The molecule has 0 aromatic carbocycles. The Balaban J connectivity index is 2.33. The molecule has 0 atom stereocenters. The van der Waals surface area contributed by atoms with Gasteiger partial charge < -0.3 is 15.8 Å². The Morgan fingerprint density at radius 2 is 2.38 bits per heavy atom. The standard InChI is InChI=1S/C11H17N3O2/c1-16-8-3-2-6-14-11(15)10-9(12)5-4-7-13-10/h4-5,7H,2-3,6,8,12H2,1H3,(H,14,15). The largest absolute Gasteiger partial charge is 0.397 e. The van der Waals surface area contributed by atoms with E-state index in [9.17, 15) is 4.79 Å². The summed E-state index contributed by atoms with van der Waals surface area (Å²) < 4.78 is 4.91. The Hall–Kier alpha value is -1.62. The van der Waals surface area contributed by atoms with Crippen molar-refractivity contribution < 1.29 is 9.53 Å². The fourth-order valence-corrected chi connectivity index (χ4v) is 1.26. The molecule has 0 saturated heterocycles. The number of nitrogen functional groups attached to an aromatic ring is 1. The minimum atomic E-state index is -0.226. The average Bonchev–Trinajstić information content (AvgIpc) is 2.29. The second kappa shape index (κ2) is 6.79. The lowest BCUT2D eigenvalue weighted by Crippen LogP contribution is -2.26. The van der Waals surface area contributed by atoms with Gasteiger partial charge in [0.2, 0.25) is 0 Å². The molecule has 1 heterocycles. The number of carbonyl (C=O) groups is 1. The van der Waals surface area contributed by atoms with Crippen molar-refractivity contribution in [1.82, 2.24) is 10.3 Å². The van der Waals surface area contributed by atoms with E-state index in [0.717, 1.165) is 12.8 Å². The van der Waals surface area contributed by atoms with Gasteiger partial charge in [-0.3, -0.25) is 4.79 Å². The van der Waals surface area contributed by atoms with Crippen LogP contribution in [-0.4, -0.2) is 31.2 Å². The summed E-state index contributed by atoms with van der Waals surface area (Å²) in [5.41, 5.74) is 6.32. The molecule has 5 heteroatoms. The molecular weight excluding hydrogens is 206 g/mol. The summed E-state index contributed by atoms with van der Waals surface area (Å²) in [4.78, 5) is 15.5. The molecule has 16 heavy (non-hydrogen) atoms. The first-order chi connectivity index (χ1) is 7.75. The topological polar surface area (TPSA) is 77.2 Å². The second-order valence-electron chi connectivity index (χ2n) is 3.40. The van der Waals surface area contributed by atoms with E-state index >= 15 is 0 Å². The molecule has 0 unspecified atom stereocenters. The van der Waals surface area contributed by atoms with Gasteiger partial charge in [0.05, 0.1) is 5.69 Å². The van der Waals surface area contributed by atoms with Crippen LogP contribution in [0.1, 0.15) is 23.3 Å². The molecule has 1 aromatic rings. The number of aromatic nitrogens is 1. The summed E-state index contributed by atoms with van der Waals surface area (Å²) in [6.07, 6.45) is 3.36. The third-order valence-electron chi connectivity index (χ3n) is 2.11. The summed E-state index contributed by atoms with van der Waals surface area (Å²) >= 11 is 0. The van der Waals surface area contributed by atoms with E-state index in [-0.39, 0.29) is 11.6 Å². The van der Waals surface area contributed by atoms with E-state index in [0.29, 0.717) is 18.8 Å². The molecule has 3 N–H and O–H groups in total. The smallest absolute Gasteiger partial charge is 0.272 e. The molecule has 0 radical (unpaired) electrons. The van der Waals surface area contributed by atoms with Crippen molar-refractivity contribution in [2.24, 2.45) is 0 Å². The Bertz CT molecular complexity index is 342. The van der Waals surface area contributed by atoms with Gasteiger partial charge in [0.15, 0.2) is 5.69 Å². The van der Waals surface area contributed by atoms with Gasteiger partial charge >= 0.3 is 0 Å². The van der Waals surface area contributed by atoms with Crippen LogP contribution in [0.15, 0.2) is 18.3 Å². The van der Waals surface area contributed by atoms with Crippen LogP contribution in [0.5, 0.6) is 0 Å². The molecule has 1 rings (SSSR count). The van der Waals surface area contributed by atoms with E-state index in [1.54, 1.807) is 25.4 Å². The molecule has 0 saturated carbocycles. The highest BCUT2D eigenvalue weighted by molar-refractivity contribution is 5.96. The first-order valence-corrected chi connectivity index (χ1v) is 5.23. The minimum Gasteiger partial charge on any atom is -0.397 e. The molecule has 0 aliphatic rings. The highest BCUT2D eigenvalue weighted by Crippen LogP contribution is 2.06. The number of amides is 1. The number of hydrogen-bond donors (Lipinski definition) is 2. The molecule has 0 bridgehead atoms. The van der Waals surface area contributed by atoms with Gasteiger partial charge in [0.25, 0.3) is 5.91 Å². The zero-order valence-electron chi connectivity index (χ0n) is 9.40. The van der Waals surface area contributed by atoms with Gasteiger partial charge in [-0.1, -0.05) is 0 Å². The molecular formula is C11H17N3O2. The summed E-state index contributed by atoms with van der Waals surface area (Å²) in [7, 11) is 1.66. The Morgan fingerprint density at radius 1 is 1.56 bits per heavy atom. The SMILES string of the molecule is COCCCCNC(=O)c1ncccc1N. The van der Waals surface area contributed by atoms with Gasteiger partial charge in [-0.05, 0) is 25.0 Å². The number of hydrogen-bond acceptors (Lipinski definition) is 4. The van der Waals surface area contributed by atoms with Crippen LogP contribution >= 0.6 is 0 Å². The van der Waals surface area contributed by atoms with Crippen LogP contribution in [-0.2, 0) is 4.74 Å². The van der Waals surface area contributed by atoms with Crippen LogP contribution in [0.2, 0.25) is 0 Å². The Morgan fingerprint density at radius 3 is 3.06 bits per heavy atom. The molecule has 0 aliphatic heterocycles. The maximum absolute atomic E-state index is 11.6. The third kappa shape index (κ3) is 3.86. The molecule has 0 spiro atoms. The third-order valence-corrected chi connectivity index (χ3v) is 2.11. The van der Waals surface area contributed by atoms with Crippen LogP contribution in [0.3, 0.4) is 0 Å². The summed E-state index contributed by atoms with van der Waals surface area (Å²) in [5, 5.41) is 2.76. The minimum absolute atomic E-state index is 0.226. The van der Waals surface area contributed by atoms with Crippen molar-refractivity contribution in [1.29, 1.82) is 0 Å². The summed E-state index contributed by atoms with van der Waals surface area (Å²) in [5.74, 6) is -0.226. The molecule has 88 valence electrons. The molecule has 1 amide bonds. The number of unbranched alkanes of at least 4 members (excludes halogenated alkanes) is 1. The van der Waals surface area contributed by atoms with Crippen molar-refractivity contribution in [3.63, 3.8) is 0 Å². The number of ether oxygens (including phenoxy) is 1. The zero-order chi connectivity index (χ0) is 11.8. The fourth-order valence-electron chi connectivity index (χ4n) is 1.26. The Labute approximate surface area is 95.0 Å². The number of methoxy groups -OCH3 is 1. The molecule has 0 fully saturated rings. The van der Waals surface area contributed by atoms with Crippen LogP contribution in [0.25, 0.3) is 0 Å². The maximum atomic E-state index is 11.6. The number of carbonyl (C=O) groups excluding carboxylic acids is 1. The van der Waals surface area contributed by atoms with E-state index in [1.165, 1.54) is 0 Å². The highest BCUT2D eigenvalue weighted by Gasteiger charge is 2.09. The van der Waals surface area contributed by atoms with E-state index < -0.39 is 0 Å². The molecule has 0 aliphatic carbocycles. The number of nitrogens with two attached hydrogens (primary N) is 1. The number of anilines is 1. The monoisotopic (exact) mass is 223 g/mol. The number of pyridine rings is 1. The highest BCUT2D eigenvalue weighted by atomic mass is 16.5. The second-order valence-corrected chi connectivity index (χ2v) is 3.40. The summed E-state index contributed by atoms with van der Waals surface area (Å²) in [6.45, 7) is 1.32. The summed E-state index contributed by atoms with van der Waals surface area (Å²) in [6, 6.07) is 3.36. The van der Waals surface area contributed by atoms with Gasteiger partial charge in [-0.2, -0.15) is 0 Å². The number of nitrogens with zero attached hydrogens (tertiary/aromatic N) is 1. The number of rotatable bonds is 6. The van der Waals surface area contributed by atoms with Gasteiger partial charge in [-0.25, -0.2) is 4.98 Å². The van der Waals surface area contributed by atoms with E-state index in [1.807, 2.05) is 0 Å². The van der Waals surface area contributed by atoms with Crippen molar-refractivity contribution in [2.45, 2.75) is 12.8 Å². The lowest BCUT2D eigenvalue weighted by atomic mass is 10.2. The molecule has 1 aromatic heterocycles. The van der Waals surface area contributed by atoms with Gasteiger partial charge in [0.1, 0.15) is 0 Å². The lowest BCUT2D eigenvalue weighted by molar-refractivity contribution is 0.0947. The van der Waals surface area contributed by atoms with Gasteiger partial charge in [0, 0.05) is 26.5 Å². The molecule has 5 nitrogen and oxygen atoms in total. The lowest BCUT2D eigenvalue weighted by Gasteiger charge is -2.05. The fraction of sp³-hybridized carbons (Fsp3) is 0.455. The van der Waals surface area contributed by atoms with E-state index in [4.69, 9.17) is 10.5 Å². The van der Waals surface area contributed by atoms with Crippen LogP contribution in [0, 0.1) is 0 Å². The average molecular weight is 223 g/mol. The predicted molar refractivity (Wildman–Crippen MR) is 62.1 cm³/mol. The van der Waals surface area contributed by atoms with Crippen LogP contribution in [0.4, 0.5) is 5.69 Å². The van der Waals surface area contributed by atoms with Crippen molar-refractivity contribution in [3.8, 4) is 0 Å². The van der Waals surface area contributed by atoms with Crippen molar-refractivity contribution >= 4 is 11.6 Å². The maximum Gasteiger partial charge on any atom is 0.272 e. The van der Waals surface area contributed by atoms with Crippen molar-refractivity contribution in [3.05, 3.63) is 24.0 Å². The van der Waals surface area contributed by atoms with Crippen LogP contribution < -0.4 is 11.1 Å². The number of nitrogens with one attached hydrogen (secondary N) is 1. The first-order valence-electron chi connectivity index (χ1n) is 5.23. The first kappa shape index (κ1) is 12.4. The quantitative estimate of drug-likeness (QED) is 0.700. The van der Waals surface area contributed by atoms with Gasteiger partial charge in [-0.15, -0.1) is 0 Å². The normalized spacial score (nSPS) is 10.1.